The molecule has 60 valence electrons. The highest BCUT2D eigenvalue weighted by molar-refractivity contribution is 6.24. The summed E-state index contributed by atoms with van der Waals surface area (Å²) < 4.78 is 5.02. The van der Waals surface area contributed by atoms with Gasteiger partial charge in [-0.1, -0.05) is 0 Å². The molecule has 0 saturated heterocycles. The maximum Gasteiger partial charge on any atom is 0.119 e. The molecule has 0 aromatic heterocycles. The molecule has 1 N–H and O–H groups in total. The summed E-state index contributed by atoms with van der Waals surface area (Å²) in [4.78, 5) is 2.56. The molecule has 3 heteroatoms. The lowest BCUT2D eigenvalue weighted by atomic mass is 10.2. The molecule has 1 aromatic carbocycles. The molecule has 0 spiro atoms. The zero-order valence-corrected chi connectivity index (χ0v) is 7.27. The quantitative estimate of drug-likeness (QED) is 0.691. The van der Waals surface area contributed by atoms with Gasteiger partial charge in [-0.2, -0.15) is 0 Å². The minimum Gasteiger partial charge on any atom is -0.497 e. The molecule has 0 saturated carbocycles. The molecule has 0 radical (unpaired) electrons. The Morgan fingerprint density at radius 2 is 2.18 bits per heavy atom. The van der Waals surface area contributed by atoms with E-state index >= 15 is 0 Å². The molecule has 0 aliphatic rings. The Kier molecular flexibility index (Phi) is 2.60. The van der Waals surface area contributed by atoms with Gasteiger partial charge >= 0.3 is 0 Å². The van der Waals surface area contributed by atoms with Crippen LogP contribution < -0.4 is 9.57 Å². The third-order valence-electron chi connectivity index (χ3n) is 1.54. The second-order valence-corrected chi connectivity index (χ2v) is 2.46. The predicted octanol–water partition coefficient (Wildman–Crippen LogP) is 2.57. The van der Waals surface area contributed by atoms with E-state index in [2.05, 4.69) is 4.84 Å². The normalized spacial score (nSPS) is 9.36. The van der Waals surface area contributed by atoms with E-state index in [0.717, 1.165) is 17.0 Å². The van der Waals surface area contributed by atoms with Gasteiger partial charge in [0.25, 0.3) is 0 Å². The van der Waals surface area contributed by atoms with Crippen LogP contribution in [0.25, 0.3) is 0 Å². The first kappa shape index (κ1) is 8.21. The highest BCUT2D eigenvalue weighted by atomic mass is 35.5. The van der Waals surface area contributed by atoms with Crippen molar-refractivity contribution >= 4 is 17.5 Å². The van der Waals surface area contributed by atoms with Crippen molar-refractivity contribution in [2.24, 2.45) is 0 Å². The number of anilines is 1. The molecule has 0 fully saturated rings. The van der Waals surface area contributed by atoms with E-state index < -0.39 is 0 Å². The third kappa shape index (κ3) is 1.77. The summed E-state index contributed by atoms with van der Waals surface area (Å²) in [5.74, 6) is 0.846. The number of methoxy groups -OCH3 is 1. The smallest absolute Gasteiger partial charge is 0.119 e. The highest BCUT2D eigenvalue weighted by Gasteiger charge is 1.97. The Morgan fingerprint density at radius 3 is 2.64 bits per heavy atom. The standard InChI is InChI=1S/C8H10ClNO/c1-6-5-7(11-2)3-4-8(6)10-9/h3-5,10H,1-2H3. The monoisotopic (exact) mass is 171 g/mol. The molecule has 0 atom stereocenters. The van der Waals surface area contributed by atoms with Gasteiger partial charge in [0.2, 0.25) is 0 Å². The molecule has 0 bridgehead atoms. The minimum atomic E-state index is 0.846. The Bertz CT molecular complexity index is 250. The summed E-state index contributed by atoms with van der Waals surface area (Å²) in [6, 6.07) is 5.66. The van der Waals surface area contributed by atoms with Crippen LogP contribution in [-0.2, 0) is 0 Å². The van der Waals surface area contributed by atoms with Gasteiger partial charge in [0.05, 0.1) is 12.8 Å². The molecule has 0 amide bonds. The lowest BCUT2D eigenvalue weighted by Gasteiger charge is -2.04. The number of nitrogens with one attached hydrogen (secondary N) is 1. The molecule has 0 heterocycles. The van der Waals surface area contributed by atoms with E-state index in [4.69, 9.17) is 16.5 Å². The van der Waals surface area contributed by atoms with E-state index in [1.165, 1.54) is 0 Å². The summed E-state index contributed by atoms with van der Waals surface area (Å²) in [6.45, 7) is 1.97. The van der Waals surface area contributed by atoms with E-state index in [1.807, 2.05) is 25.1 Å². The fourth-order valence-corrected chi connectivity index (χ4v) is 1.08. The van der Waals surface area contributed by atoms with Crippen LogP contribution in [0.15, 0.2) is 18.2 Å². The predicted molar refractivity (Wildman–Crippen MR) is 47.2 cm³/mol. The van der Waals surface area contributed by atoms with Gasteiger partial charge in [0.15, 0.2) is 0 Å². The van der Waals surface area contributed by atoms with Gasteiger partial charge in [-0.15, -0.1) is 0 Å². The first-order valence-electron chi connectivity index (χ1n) is 3.29. The number of halogens is 1. The van der Waals surface area contributed by atoms with Gasteiger partial charge in [-0.05, 0) is 30.7 Å². The van der Waals surface area contributed by atoms with Gasteiger partial charge in [0.1, 0.15) is 5.75 Å². The molecule has 11 heavy (non-hydrogen) atoms. The van der Waals surface area contributed by atoms with Gasteiger partial charge in [-0.3, -0.25) is 4.84 Å². The molecular formula is C8H10ClNO. The first-order valence-corrected chi connectivity index (χ1v) is 3.67. The van der Waals surface area contributed by atoms with Crippen LogP contribution in [-0.4, -0.2) is 7.11 Å². The van der Waals surface area contributed by atoms with E-state index in [1.54, 1.807) is 7.11 Å². The van der Waals surface area contributed by atoms with Crippen molar-refractivity contribution in [3.63, 3.8) is 0 Å². The van der Waals surface area contributed by atoms with Crippen molar-refractivity contribution < 1.29 is 4.74 Å². The number of hydrogen-bond donors (Lipinski definition) is 1. The largest absolute Gasteiger partial charge is 0.497 e. The minimum absolute atomic E-state index is 0.846. The first-order chi connectivity index (χ1) is 5.27. The van der Waals surface area contributed by atoms with Gasteiger partial charge in [-0.25, -0.2) is 0 Å². The molecule has 1 aromatic rings. The number of ether oxygens (including phenoxy) is 1. The van der Waals surface area contributed by atoms with Crippen molar-refractivity contribution in [1.82, 2.24) is 0 Å². The van der Waals surface area contributed by atoms with E-state index in [-0.39, 0.29) is 0 Å². The zero-order chi connectivity index (χ0) is 8.27. The van der Waals surface area contributed by atoms with Gasteiger partial charge in [0, 0.05) is 11.8 Å². The van der Waals surface area contributed by atoms with Crippen LogP contribution >= 0.6 is 11.8 Å². The second kappa shape index (κ2) is 3.49. The highest BCUT2D eigenvalue weighted by Crippen LogP contribution is 2.21. The van der Waals surface area contributed by atoms with Crippen LogP contribution in [0, 0.1) is 6.92 Å². The average Bonchev–Trinajstić information content (AvgIpc) is 2.04. The summed E-state index contributed by atoms with van der Waals surface area (Å²) in [5, 5.41) is 0. The molecule has 0 aliphatic heterocycles. The SMILES string of the molecule is COc1ccc(NCl)c(C)c1. The maximum atomic E-state index is 5.44. The summed E-state index contributed by atoms with van der Waals surface area (Å²) >= 11 is 5.44. The van der Waals surface area contributed by atoms with E-state index in [0.29, 0.717) is 0 Å². The van der Waals surface area contributed by atoms with Crippen molar-refractivity contribution in [3.8, 4) is 5.75 Å². The van der Waals surface area contributed by atoms with Crippen LogP contribution in [0.1, 0.15) is 5.56 Å². The number of benzene rings is 1. The van der Waals surface area contributed by atoms with Crippen LogP contribution in [0.5, 0.6) is 5.75 Å². The van der Waals surface area contributed by atoms with Crippen molar-refractivity contribution in [1.29, 1.82) is 0 Å². The fraction of sp³-hybridized carbons (Fsp3) is 0.250. The molecule has 2 nitrogen and oxygen atoms in total. The summed E-state index contributed by atoms with van der Waals surface area (Å²) in [5.41, 5.74) is 1.98. The second-order valence-electron chi connectivity index (χ2n) is 2.28. The maximum absolute atomic E-state index is 5.44. The number of rotatable bonds is 2. The molecule has 0 unspecified atom stereocenters. The molecular weight excluding hydrogens is 162 g/mol. The van der Waals surface area contributed by atoms with Crippen molar-refractivity contribution in [3.05, 3.63) is 23.8 Å². The van der Waals surface area contributed by atoms with Crippen LogP contribution in [0.2, 0.25) is 0 Å². The fourth-order valence-electron chi connectivity index (χ4n) is 0.869. The average molecular weight is 172 g/mol. The van der Waals surface area contributed by atoms with Gasteiger partial charge < -0.3 is 4.74 Å². The lowest BCUT2D eigenvalue weighted by Crippen LogP contribution is -1.87. The topological polar surface area (TPSA) is 21.3 Å². The Labute approximate surface area is 71.2 Å². The van der Waals surface area contributed by atoms with E-state index in [9.17, 15) is 0 Å². The van der Waals surface area contributed by atoms with Crippen molar-refractivity contribution in [2.45, 2.75) is 6.92 Å². The molecule has 0 aliphatic carbocycles. The van der Waals surface area contributed by atoms with Crippen LogP contribution in [0.3, 0.4) is 0 Å². The summed E-state index contributed by atoms with van der Waals surface area (Å²) in [7, 11) is 1.64. The number of hydrogen-bond acceptors (Lipinski definition) is 2. The molecule has 1 rings (SSSR count). The lowest BCUT2D eigenvalue weighted by molar-refractivity contribution is 0.414. The Balaban J connectivity index is 2.99. The van der Waals surface area contributed by atoms with Crippen LogP contribution in [0.4, 0.5) is 5.69 Å². The van der Waals surface area contributed by atoms with Crippen molar-refractivity contribution in [2.75, 3.05) is 11.9 Å². The zero-order valence-electron chi connectivity index (χ0n) is 6.52. The summed E-state index contributed by atoms with van der Waals surface area (Å²) in [6.07, 6.45) is 0. The number of aryl methyl sites for hydroxylation is 1. The Hall–Kier alpha value is -0.890. The Morgan fingerprint density at radius 1 is 1.45 bits per heavy atom. The third-order valence-corrected chi connectivity index (χ3v) is 1.74.